The van der Waals surface area contributed by atoms with E-state index in [0.717, 1.165) is 28.1 Å². The maximum Gasteiger partial charge on any atom is 0.228 e. The Morgan fingerprint density at radius 1 is 0.846 bits per heavy atom. The van der Waals surface area contributed by atoms with Crippen LogP contribution in [0, 0.1) is 10.1 Å². The molecule has 4 rings (SSSR count). The summed E-state index contributed by atoms with van der Waals surface area (Å²) in [4.78, 5) is 13.3. The van der Waals surface area contributed by atoms with Crippen LogP contribution in [0.15, 0.2) is 84.9 Å². The number of rotatable bonds is 4. The van der Waals surface area contributed by atoms with E-state index in [1.807, 2.05) is 84.9 Å². The van der Waals surface area contributed by atoms with Gasteiger partial charge in [0, 0.05) is 16.3 Å². The summed E-state index contributed by atoms with van der Waals surface area (Å²) in [6, 6.07) is 27.5. The van der Waals surface area contributed by atoms with E-state index in [9.17, 15) is 10.1 Å². The average molecular weight is 342 g/mol. The highest BCUT2D eigenvalue weighted by Crippen LogP contribution is 2.41. The van der Waals surface area contributed by atoms with E-state index in [1.54, 1.807) is 0 Å². The standard InChI is InChI=1S/C22H18N2O2/c25-23(26)16-22-20-14-8-7-11-18(20)15-21(17-9-3-1-4-10-17)24(22)19-12-5-2-6-13-19/h1-15,22H,16H2. The van der Waals surface area contributed by atoms with E-state index >= 15 is 0 Å². The first kappa shape index (κ1) is 16.1. The monoisotopic (exact) mass is 342 g/mol. The summed E-state index contributed by atoms with van der Waals surface area (Å²) in [6.45, 7) is -0.157. The molecular weight excluding hydrogens is 324 g/mol. The fraction of sp³-hybridized carbons (Fsp3) is 0.0909. The second-order valence-corrected chi connectivity index (χ2v) is 6.26. The molecular formula is C22H18N2O2. The highest BCUT2D eigenvalue weighted by Gasteiger charge is 2.33. The minimum atomic E-state index is -0.358. The third kappa shape index (κ3) is 2.97. The minimum Gasteiger partial charge on any atom is -0.327 e. The minimum absolute atomic E-state index is 0.157. The maximum absolute atomic E-state index is 11.5. The fourth-order valence-electron chi connectivity index (χ4n) is 3.53. The molecule has 4 heteroatoms. The zero-order chi connectivity index (χ0) is 17.9. The molecule has 4 nitrogen and oxygen atoms in total. The van der Waals surface area contributed by atoms with Crippen molar-refractivity contribution in [1.29, 1.82) is 0 Å². The Bertz CT molecular complexity index is 952. The van der Waals surface area contributed by atoms with Crippen molar-refractivity contribution in [3.63, 3.8) is 0 Å². The smallest absolute Gasteiger partial charge is 0.228 e. The molecule has 0 amide bonds. The van der Waals surface area contributed by atoms with E-state index in [2.05, 4.69) is 11.0 Å². The number of fused-ring (bicyclic) bond motifs is 1. The maximum atomic E-state index is 11.5. The first-order valence-corrected chi connectivity index (χ1v) is 8.56. The molecule has 1 atom stereocenters. The van der Waals surface area contributed by atoms with Crippen LogP contribution in [0.5, 0.6) is 0 Å². The molecule has 0 radical (unpaired) electrons. The first-order chi connectivity index (χ1) is 12.7. The average Bonchev–Trinajstić information content (AvgIpc) is 2.68. The second-order valence-electron chi connectivity index (χ2n) is 6.26. The number of para-hydroxylation sites is 1. The Balaban J connectivity index is 1.94. The summed E-state index contributed by atoms with van der Waals surface area (Å²) in [5, 5.41) is 11.5. The highest BCUT2D eigenvalue weighted by molar-refractivity contribution is 5.93. The van der Waals surface area contributed by atoms with Gasteiger partial charge in [0.2, 0.25) is 6.54 Å². The van der Waals surface area contributed by atoms with Crippen LogP contribution in [0.4, 0.5) is 5.69 Å². The van der Waals surface area contributed by atoms with E-state index in [4.69, 9.17) is 0 Å². The van der Waals surface area contributed by atoms with E-state index < -0.39 is 0 Å². The van der Waals surface area contributed by atoms with E-state index in [-0.39, 0.29) is 17.5 Å². The van der Waals surface area contributed by atoms with Gasteiger partial charge in [0.05, 0.1) is 0 Å². The summed E-state index contributed by atoms with van der Waals surface area (Å²) in [7, 11) is 0. The van der Waals surface area contributed by atoms with Crippen molar-refractivity contribution in [2.45, 2.75) is 6.04 Å². The molecule has 0 saturated heterocycles. The largest absolute Gasteiger partial charge is 0.327 e. The first-order valence-electron chi connectivity index (χ1n) is 8.56. The second kappa shape index (κ2) is 6.84. The normalized spacial score (nSPS) is 15.9. The predicted octanol–water partition coefficient (Wildman–Crippen LogP) is 5.02. The van der Waals surface area contributed by atoms with Crippen molar-refractivity contribution < 1.29 is 4.92 Å². The van der Waals surface area contributed by atoms with Crippen LogP contribution in [0.3, 0.4) is 0 Å². The van der Waals surface area contributed by atoms with Crippen LogP contribution in [-0.4, -0.2) is 11.5 Å². The molecule has 0 saturated carbocycles. The van der Waals surface area contributed by atoms with Gasteiger partial charge in [-0.2, -0.15) is 0 Å². The van der Waals surface area contributed by atoms with Crippen molar-refractivity contribution in [3.05, 3.63) is 112 Å². The SMILES string of the molecule is O=[N+]([O-])CC1c2ccccc2C=C(c2ccccc2)N1c1ccccc1. The Morgan fingerprint density at radius 2 is 1.46 bits per heavy atom. The zero-order valence-corrected chi connectivity index (χ0v) is 14.2. The van der Waals surface area contributed by atoms with Gasteiger partial charge in [-0.05, 0) is 34.9 Å². The Morgan fingerprint density at radius 3 is 2.15 bits per heavy atom. The van der Waals surface area contributed by atoms with Crippen molar-refractivity contribution >= 4 is 17.5 Å². The summed E-state index contributed by atoms with van der Waals surface area (Å²) in [5.74, 6) is 0. The molecule has 128 valence electrons. The van der Waals surface area contributed by atoms with Crippen LogP contribution in [0.1, 0.15) is 22.7 Å². The van der Waals surface area contributed by atoms with Gasteiger partial charge in [0.25, 0.3) is 0 Å². The quantitative estimate of drug-likeness (QED) is 0.494. The van der Waals surface area contributed by atoms with Crippen molar-refractivity contribution in [3.8, 4) is 0 Å². The summed E-state index contributed by atoms with van der Waals surface area (Å²) in [6.07, 6.45) is 2.12. The lowest BCUT2D eigenvalue weighted by Crippen LogP contribution is -2.34. The van der Waals surface area contributed by atoms with Gasteiger partial charge in [0.15, 0.2) is 0 Å². The van der Waals surface area contributed by atoms with Crippen molar-refractivity contribution in [2.24, 2.45) is 0 Å². The molecule has 0 aliphatic carbocycles. The highest BCUT2D eigenvalue weighted by atomic mass is 16.6. The van der Waals surface area contributed by atoms with Gasteiger partial charge in [-0.15, -0.1) is 0 Å². The van der Waals surface area contributed by atoms with Crippen molar-refractivity contribution in [2.75, 3.05) is 11.4 Å². The molecule has 1 aliphatic heterocycles. The topological polar surface area (TPSA) is 46.4 Å². The van der Waals surface area contributed by atoms with Crippen LogP contribution in [0.2, 0.25) is 0 Å². The van der Waals surface area contributed by atoms with Crippen molar-refractivity contribution in [1.82, 2.24) is 0 Å². The molecule has 0 spiro atoms. The number of hydrogen-bond donors (Lipinski definition) is 0. The molecule has 0 N–H and O–H groups in total. The third-order valence-corrected chi connectivity index (χ3v) is 4.64. The number of nitrogens with zero attached hydrogens (tertiary/aromatic N) is 2. The fourth-order valence-corrected chi connectivity index (χ4v) is 3.53. The van der Waals surface area contributed by atoms with Crippen LogP contribution >= 0.6 is 0 Å². The van der Waals surface area contributed by atoms with Gasteiger partial charge < -0.3 is 4.90 Å². The number of nitro groups is 1. The van der Waals surface area contributed by atoms with Gasteiger partial charge in [-0.3, -0.25) is 10.1 Å². The lowest BCUT2D eigenvalue weighted by atomic mass is 9.91. The molecule has 3 aromatic rings. The van der Waals surface area contributed by atoms with Crippen LogP contribution in [-0.2, 0) is 0 Å². The lowest BCUT2D eigenvalue weighted by molar-refractivity contribution is -0.483. The molecule has 0 aromatic heterocycles. The number of anilines is 1. The third-order valence-electron chi connectivity index (χ3n) is 4.64. The van der Waals surface area contributed by atoms with Gasteiger partial charge in [0.1, 0.15) is 6.04 Å². The summed E-state index contributed by atoms with van der Waals surface area (Å²) in [5.41, 5.74) is 4.98. The van der Waals surface area contributed by atoms with E-state index in [0.29, 0.717) is 0 Å². The Labute approximate surface area is 152 Å². The molecule has 0 fully saturated rings. The van der Waals surface area contributed by atoms with E-state index in [1.165, 1.54) is 0 Å². The van der Waals surface area contributed by atoms with Crippen LogP contribution in [0.25, 0.3) is 11.8 Å². The number of hydrogen-bond acceptors (Lipinski definition) is 3. The molecule has 1 heterocycles. The van der Waals surface area contributed by atoms with Crippen LogP contribution < -0.4 is 4.90 Å². The summed E-state index contributed by atoms with van der Waals surface area (Å²) >= 11 is 0. The lowest BCUT2D eigenvalue weighted by Gasteiger charge is -2.37. The molecule has 26 heavy (non-hydrogen) atoms. The predicted molar refractivity (Wildman–Crippen MR) is 104 cm³/mol. The molecule has 0 bridgehead atoms. The Hall–Kier alpha value is -3.40. The molecule has 3 aromatic carbocycles. The van der Waals surface area contributed by atoms with Gasteiger partial charge in [-0.25, -0.2) is 0 Å². The Kier molecular flexibility index (Phi) is 4.23. The molecule has 1 aliphatic rings. The summed E-state index contributed by atoms with van der Waals surface area (Å²) < 4.78 is 0. The zero-order valence-electron chi connectivity index (χ0n) is 14.2. The number of benzene rings is 3. The van der Waals surface area contributed by atoms with Gasteiger partial charge >= 0.3 is 0 Å². The van der Waals surface area contributed by atoms with Gasteiger partial charge in [-0.1, -0.05) is 72.8 Å². The molecule has 1 unspecified atom stereocenters.